The van der Waals surface area contributed by atoms with Crippen molar-refractivity contribution in [1.82, 2.24) is 4.90 Å². The van der Waals surface area contributed by atoms with Crippen LogP contribution in [0.15, 0.2) is 18.2 Å². The second-order valence-corrected chi connectivity index (χ2v) is 7.40. The number of nitrogens with zero attached hydrogens (tertiary/aromatic N) is 1. The van der Waals surface area contributed by atoms with Crippen LogP contribution in [0.2, 0.25) is 0 Å². The fraction of sp³-hybridized carbons (Fsp3) is 0.500. The van der Waals surface area contributed by atoms with Crippen LogP contribution in [-0.4, -0.2) is 39.7 Å². The predicted molar refractivity (Wildman–Crippen MR) is 97.0 cm³/mol. The van der Waals surface area contributed by atoms with Crippen molar-refractivity contribution in [2.45, 2.75) is 51.0 Å². The molecule has 1 fully saturated rings. The van der Waals surface area contributed by atoms with E-state index in [1.165, 1.54) is 11.8 Å². The number of nitrogens with one attached hydrogen (secondary N) is 1. The van der Waals surface area contributed by atoms with Gasteiger partial charge in [0.2, 0.25) is 17.7 Å². The highest BCUT2D eigenvalue weighted by Gasteiger charge is 2.40. The van der Waals surface area contributed by atoms with Gasteiger partial charge in [0.1, 0.15) is 6.54 Å². The van der Waals surface area contributed by atoms with E-state index < -0.39 is 0 Å². The molecule has 6 heteroatoms. The Morgan fingerprint density at radius 3 is 2.25 bits per heavy atom. The maximum atomic E-state index is 12.4. The minimum atomic E-state index is -0.345. The number of aryl methyl sites for hydroxylation is 1. The molecule has 0 radical (unpaired) electrons. The van der Waals surface area contributed by atoms with Gasteiger partial charge >= 0.3 is 0 Å². The van der Waals surface area contributed by atoms with Crippen molar-refractivity contribution >= 4 is 35.2 Å². The summed E-state index contributed by atoms with van der Waals surface area (Å²) in [7, 11) is 0. The van der Waals surface area contributed by atoms with Gasteiger partial charge in [0.15, 0.2) is 0 Å². The summed E-state index contributed by atoms with van der Waals surface area (Å²) in [6.07, 6.45) is 1.31. The minimum Gasteiger partial charge on any atom is -0.324 e. The Balaban J connectivity index is 2.12. The molecular weight excluding hydrogens is 324 g/mol. The zero-order valence-corrected chi connectivity index (χ0v) is 15.4. The van der Waals surface area contributed by atoms with Crippen molar-refractivity contribution in [3.05, 3.63) is 29.3 Å². The first kappa shape index (κ1) is 18.5. The van der Waals surface area contributed by atoms with E-state index in [2.05, 4.69) is 5.32 Å². The second-order valence-electron chi connectivity index (χ2n) is 5.99. The highest BCUT2D eigenvalue weighted by atomic mass is 32.2. The van der Waals surface area contributed by atoms with Gasteiger partial charge in [0.05, 0.1) is 10.5 Å². The number of anilines is 1. The molecule has 0 saturated carbocycles. The zero-order chi connectivity index (χ0) is 17.9. The Bertz CT molecular complexity index is 638. The first-order valence-electron chi connectivity index (χ1n) is 8.25. The Morgan fingerprint density at radius 1 is 1.12 bits per heavy atom. The third kappa shape index (κ3) is 3.80. The van der Waals surface area contributed by atoms with E-state index in [1.807, 2.05) is 45.9 Å². The molecule has 3 amide bonds. The number of amides is 3. The summed E-state index contributed by atoms with van der Waals surface area (Å²) in [6.45, 7) is 7.52. The highest BCUT2D eigenvalue weighted by Crippen LogP contribution is 2.31. The molecular formula is C18H24N2O3S. The van der Waals surface area contributed by atoms with E-state index in [0.29, 0.717) is 18.5 Å². The van der Waals surface area contributed by atoms with Crippen molar-refractivity contribution in [3.8, 4) is 0 Å². The summed E-state index contributed by atoms with van der Waals surface area (Å²) >= 11 is 1.41. The van der Waals surface area contributed by atoms with E-state index in [9.17, 15) is 14.4 Å². The SMILES string of the molecule is CCC1SC(CC)C(=O)N(CC(=O)Nc2cccc(C)c2C)C1=O. The predicted octanol–water partition coefficient (Wildman–Crippen LogP) is 2.90. The number of hydrogen-bond acceptors (Lipinski definition) is 4. The van der Waals surface area contributed by atoms with Crippen LogP contribution in [0.3, 0.4) is 0 Å². The Morgan fingerprint density at radius 2 is 1.71 bits per heavy atom. The first-order valence-corrected chi connectivity index (χ1v) is 9.20. The van der Waals surface area contributed by atoms with Gasteiger partial charge in [-0.25, -0.2) is 0 Å². The fourth-order valence-corrected chi connectivity index (χ4v) is 3.96. The third-order valence-electron chi connectivity index (χ3n) is 4.33. The van der Waals surface area contributed by atoms with Crippen LogP contribution in [-0.2, 0) is 14.4 Å². The van der Waals surface area contributed by atoms with Crippen molar-refractivity contribution in [2.24, 2.45) is 0 Å². The van der Waals surface area contributed by atoms with Gasteiger partial charge in [0.25, 0.3) is 0 Å². The second kappa shape index (κ2) is 7.83. The molecule has 1 aliphatic rings. The van der Waals surface area contributed by atoms with Crippen LogP contribution < -0.4 is 5.32 Å². The lowest BCUT2D eigenvalue weighted by molar-refractivity contribution is -0.147. The lowest BCUT2D eigenvalue weighted by atomic mass is 10.1. The van der Waals surface area contributed by atoms with Gasteiger partial charge < -0.3 is 5.32 Å². The molecule has 130 valence electrons. The maximum absolute atomic E-state index is 12.4. The molecule has 1 heterocycles. The van der Waals surface area contributed by atoms with E-state index in [4.69, 9.17) is 0 Å². The number of hydrogen-bond donors (Lipinski definition) is 1. The van der Waals surface area contributed by atoms with Crippen LogP contribution in [0, 0.1) is 13.8 Å². The zero-order valence-electron chi connectivity index (χ0n) is 14.6. The average Bonchev–Trinajstić information content (AvgIpc) is 2.56. The van der Waals surface area contributed by atoms with Gasteiger partial charge in [0, 0.05) is 5.69 Å². The number of carbonyl (C=O) groups excluding carboxylic acids is 3. The topological polar surface area (TPSA) is 66.5 Å². The van der Waals surface area contributed by atoms with E-state index >= 15 is 0 Å². The summed E-state index contributed by atoms with van der Waals surface area (Å²) in [5.41, 5.74) is 2.77. The molecule has 1 aromatic carbocycles. The molecule has 2 unspecified atom stereocenters. The largest absolute Gasteiger partial charge is 0.324 e. The van der Waals surface area contributed by atoms with E-state index in [1.54, 1.807) is 0 Å². The summed E-state index contributed by atoms with van der Waals surface area (Å²) in [6, 6.07) is 5.66. The number of imide groups is 1. The Hall–Kier alpha value is -1.82. The Labute approximate surface area is 147 Å². The third-order valence-corrected chi connectivity index (χ3v) is 6.06. The van der Waals surface area contributed by atoms with Gasteiger partial charge in [-0.2, -0.15) is 0 Å². The summed E-state index contributed by atoms with van der Waals surface area (Å²) in [5, 5.41) is 2.32. The van der Waals surface area contributed by atoms with Gasteiger partial charge in [-0.3, -0.25) is 19.3 Å². The smallest absolute Gasteiger partial charge is 0.244 e. The monoisotopic (exact) mass is 348 g/mol. The van der Waals surface area contributed by atoms with Crippen LogP contribution in [0.25, 0.3) is 0 Å². The molecule has 1 N–H and O–H groups in total. The lowest BCUT2D eigenvalue weighted by Gasteiger charge is -2.34. The number of rotatable bonds is 5. The van der Waals surface area contributed by atoms with Gasteiger partial charge in [-0.05, 0) is 43.9 Å². The van der Waals surface area contributed by atoms with Crippen LogP contribution in [0.1, 0.15) is 37.8 Å². The van der Waals surface area contributed by atoms with Crippen molar-refractivity contribution in [1.29, 1.82) is 0 Å². The Kier molecular flexibility index (Phi) is 6.04. The molecule has 0 spiro atoms. The van der Waals surface area contributed by atoms with Crippen molar-refractivity contribution in [3.63, 3.8) is 0 Å². The van der Waals surface area contributed by atoms with E-state index in [-0.39, 0.29) is 34.8 Å². The lowest BCUT2D eigenvalue weighted by Crippen LogP contribution is -2.53. The maximum Gasteiger partial charge on any atom is 0.244 e. The van der Waals surface area contributed by atoms with Crippen molar-refractivity contribution in [2.75, 3.05) is 11.9 Å². The molecule has 2 rings (SSSR count). The van der Waals surface area contributed by atoms with Crippen LogP contribution >= 0.6 is 11.8 Å². The summed E-state index contributed by atoms with van der Waals surface area (Å²) in [5.74, 6) is -0.858. The number of thioether (sulfide) groups is 1. The first-order chi connectivity index (χ1) is 11.4. The molecule has 2 atom stereocenters. The van der Waals surface area contributed by atoms with Crippen LogP contribution in [0.4, 0.5) is 5.69 Å². The quantitative estimate of drug-likeness (QED) is 0.831. The number of carbonyl (C=O) groups is 3. The molecule has 1 aliphatic heterocycles. The normalized spacial score (nSPS) is 21.1. The minimum absolute atomic E-state index is 0.224. The molecule has 1 aromatic rings. The molecule has 1 saturated heterocycles. The highest BCUT2D eigenvalue weighted by molar-refractivity contribution is 8.02. The fourth-order valence-electron chi connectivity index (χ4n) is 2.69. The molecule has 24 heavy (non-hydrogen) atoms. The van der Waals surface area contributed by atoms with E-state index in [0.717, 1.165) is 16.0 Å². The van der Waals surface area contributed by atoms with Gasteiger partial charge in [-0.15, -0.1) is 11.8 Å². The molecule has 0 aliphatic carbocycles. The average molecular weight is 348 g/mol. The van der Waals surface area contributed by atoms with Crippen molar-refractivity contribution < 1.29 is 14.4 Å². The molecule has 0 bridgehead atoms. The standard InChI is InChI=1S/C18H24N2O3S/c1-5-14-17(22)20(18(23)15(6-2)24-14)10-16(21)19-13-9-7-8-11(3)12(13)4/h7-9,14-15H,5-6,10H2,1-4H3,(H,19,21). The summed E-state index contributed by atoms with van der Waals surface area (Å²) in [4.78, 5) is 38.4. The molecule has 5 nitrogen and oxygen atoms in total. The van der Waals surface area contributed by atoms with Gasteiger partial charge in [-0.1, -0.05) is 26.0 Å². The van der Waals surface area contributed by atoms with Crippen LogP contribution in [0.5, 0.6) is 0 Å². The summed E-state index contributed by atoms with van der Waals surface area (Å²) < 4.78 is 0. The molecule has 0 aromatic heterocycles. The number of benzene rings is 1.